The smallest absolute Gasteiger partial charge is 0.253 e. The van der Waals surface area contributed by atoms with E-state index in [4.69, 9.17) is 5.84 Å². The van der Waals surface area contributed by atoms with Gasteiger partial charge in [-0.15, -0.1) is 0 Å². The quantitative estimate of drug-likeness (QED) is 0.630. The van der Waals surface area contributed by atoms with Crippen molar-refractivity contribution in [2.45, 2.75) is 25.8 Å². The average Bonchev–Trinajstić information content (AvgIpc) is 2.82. The van der Waals surface area contributed by atoms with Crippen molar-refractivity contribution < 1.29 is 4.79 Å². The lowest BCUT2D eigenvalue weighted by atomic mass is 10.1. The number of hydrazine groups is 1. The Bertz CT molecular complexity index is 490. The van der Waals surface area contributed by atoms with Crippen LogP contribution in [0.25, 0.3) is 0 Å². The summed E-state index contributed by atoms with van der Waals surface area (Å²) >= 11 is 0. The minimum absolute atomic E-state index is 0.00676. The van der Waals surface area contributed by atoms with E-state index in [1.165, 1.54) is 6.42 Å². The van der Waals surface area contributed by atoms with Crippen LogP contribution in [0.4, 0.5) is 5.82 Å². The van der Waals surface area contributed by atoms with Crippen LogP contribution in [-0.4, -0.2) is 53.9 Å². The third kappa shape index (κ3) is 3.26. The van der Waals surface area contributed by atoms with Crippen LogP contribution in [-0.2, 0) is 0 Å². The van der Waals surface area contributed by atoms with Crippen LogP contribution in [0.3, 0.4) is 0 Å². The summed E-state index contributed by atoms with van der Waals surface area (Å²) < 4.78 is 0. The number of likely N-dealkylation sites (N-methyl/N-ethyl adjacent to an activating group) is 2. The Balaban J connectivity index is 2.08. The molecule has 1 aliphatic heterocycles. The fourth-order valence-electron chi connectivity index (χ4n) is 2.70. The zero-order chi connectivity index (χ0) is 14.7. The number of likely N-dealkylation sites (tertiary alicyclic amines) is 1. The van der Waals surface area contributed by atoms with Gasteiger partial charge >= 0.3 is 0 Å². The average molecular weight is 277 g/mol. The molecule has 0 saturated carbocycles. The van der Waals surface area contributed by atoms with Gasteiger partial charge in [0.25, 0.3) is 5.91 Å². The van der Waals surface area contributed by atoms with Crippen LogP contribution in [0, 0.1) is 6.92 Å². The number of aromatic nitrogens is 1. The van der Waals surface area contributed by atoms with E-state index in [2.05, 4.69) is 22.4 Å². The Morgan fingerprint density at radius 3 is 2.95 bits per heavy atom. The van der Waals surface area contributed by atoms with Gasteiger partial charge in [0.2, 0.25) is 0 Å². The lowest BCUT2D eigenvalue weighted by molar-refractivity contribution is 0.0761. The summed E-state index contributed by atoms with van der Waals surface area (Å²) in [6, 6.07) is 3.93. The van der Waals surface area contributed by atoms with Crippen molar-refractivity contribution in [3.63, 3.8) is 0 Å². The second kappa shape index (κ2) is 6.19. The first kappa shape index (κ1) is 14.7. The Morgan fingerprint density at radius 2 is 2.35 bits per heavy atom. The first-order valence-electron chi connectivity index (χ1n) is 6.92. The molecule has 1 aromatic rings. The van der Waals surface area contributed by atoms with Crippen molar-refractivity contribution >= 4 is 11.7 Å². The number of hydrogen-bond donors (Lipinski definition) is 2. The van der Waals surface area contributed by atoms with Crippen LogP contribution < -0.4 is 11.3 Å². The SMILES string of the molecule is Cc1cc(C(=O)N(C)CC2CCCN2C)cc(NN)n1. The van der Waals surface area contributed by atoms with Gasteiger partial charge in [0.15, 0.2) is 0 Å². The van der Waals surface area contributed by atoms with E-state index in [1.54, 1.807) is 17.0 Å². The largest absolute Gasteiger partial charge is 0.340 e. The van der Waals surface area contributed by atoms with Crippen molar-refractivity contribution in [2.75, 3.05) is 32.6 Å². The van der Waals surface area contributed by atoms with Crippen LogP contribution in [0.1, 0.15) is 28.9 Å². The molecule has 1 aromatic heterocycles. The first-order chi connectivity index (χ1) is 9.51. The van der Waals surface area contributed by atoms with Crippen molar-refractivity contribution in [3.05, 3.63) is 23.4 Å². The number of amides is 1. The van der Waals surface area contributed by atoms with Gasteiger partial charge in [-0.05, 0) is 45.5 Å². The number of pyridine rings is 1. The number of rotatable bonds is 4. The maximum Gasteiger partial charge on any atom is 0.253 e. The van der Waals surface area contributed by atoms with Gasteiger partial charge in [0.05, 0.1) is 0 Å². The summed E-state index contributed by atoms with van der Waals surface area (Å²) in [6.07, 6.45) is 2.36. The van der Waals surface area contributed by atoms with Gasteiger partial charge in [-0.1, -0.05) is 0 Å². The van der Waals surface area contributed by atoms with Gasteiger partial charge in [0, 0.05) is 30.9 Å². The number of carbonyl (C=O) groups excluding carboxylic acids is 1. The Morgan fingerprint density at radius 1 is 1.60 bits per heavy atom. The maximum absolute atomic E-state index is 12.5. The van der Waals surface area contributed by atoms with Gasteiger partial charge in [-0.25, -0.2) is 10.8 Å². The molecule has 110 valence electrons. The molecular formula is C14H23N5O. The van der Waals surface area contributed by atoms with Gasteiger partial charge in [-0.2, -0.15) is 0 Å². The summed E-state index contributed by atoms with van der Waals surface area (Å²) in [6.45, 7) is 3.72. The summed E-state index contributed by atoms with van der Waals surface area (Å²) in [4.78, 5) is 20.8. The van der Waals surface area contributed by atoms with E-state index in [-0.39, 0.29) is 5.91 Å². The molecule has 2 rings (SSSR count). The fraction of sp³-hybridized carbons (Fsp3) is 0.571. The molecule has 0 bridgehead atoms. The first-order valence-corrected chi connectivity index (χ1v) is 6.92. The number of nitrogens with zero attached hydrogens (tertiary/aromatic N) is 3. The van der Waals surface area contributed by atoms with Crippen LogP contribution in [0.2, 0.25) is 0 Å². The molecule has 0 aromatic carbocycles. The van der Waals surface area contributed by atoms with Crippen molar-refractivity contribution in [3.8, 4) is 0 Å². The standard InChI is InChI=1S/C14H23N5O/c1-10-7-11(8-13(16-10)17-15)14(20)19(3)9-12-5-4-6-18(12)2/h7-8,12H,4-6,9,15H2,1-3H3,(H,16,17). The molecule has 0 spiro atoms. The van der Waals surface area contributed by atoms with E-state index in [0.717, 1.165) is 25.2 Å². The molecule has 1 aliphatic rings. The van der Waals surface area contributed by atoms with Gasteiger partial charge in [0.1, 0.15) is 5.82 Å². The normalized spacial score (nSPS) is 19.1. The Kier molecular flexibility index (Phi) is 4.57. The van der Waals surface area contributed by atoms with E-state index >= 15 is 0 Å². The van der Waals surface area contributed by atoms with Gasteiger partial charge < -0.3 is 15.2 Å². The molecule has 1 unspecified atom stereocenters. The van der Waals surface area contributed by atoms with Crippen molar-refractivity contribution in [2.24, 2.45) is 5.84 Å². The number of aryl methyl sites for hydroxylation is 1. The highest BCUT2D eigenvalue weighted by molar-refractivity contribution is 5.94. The topological polar surface area (TPSA) is 74.5 Å². The summed E-state index contributed by atoms with van der Waals surface area (Å²) in [5.74, 6) is 5.89. The molecule has 20 heavy (non-hydrogen) atoms. The highest BCUT2D eigenvalue weighted by Crippen LogP contribution is 2.17. The molecule has 1 amide bonds. The third-order valence-electron chi connectivity index (χ3n) is 3.85. The number of hydrogen-bond acceptors (Lipinski definition) is 5. The van der Waals surface area contributed by atoms with E-state index in [1.807, 2.05) is 14.0 Å². The molecule has 6 nitrogen and oxygen atoms in total. The third-order valence-corrected chi connectivity index (χ3v) is 3.85. The maximum atomic E-state index is 12.5. The zero-order valence-electron chi connectivity index (χ0n) is 12.4. The van der Waals surface area contributed by atoms with Crippen LogP contribution in [0.15, 0.2) is 12.1 Å². The van der Waals surface area contributed by atoms with Crippen molar-refractivity contribution in [1.82, 2.24) is 14.8 Å². The second-order valence-corrected chi connectivity index (χ2v) is 5.49. The molecule has 1 atom stereocenters. The lowest BCUT2D eigenvalue weighted by Gasteiger charge is -2.26. The lowest BCUT2D eigenvalue weighted by Crippen LogP contribution is -2.39. The minimum Gasteiger partial charge on any atom is -0.340 e. The highest BCUT2D eigenvalue weighted by Gasteiger charge is 2.24. The molecule has 1 fully saturated rings. The molecule has 6 heteroatoms. The monoisotopic (exact) mass is 277 g/mol. The number of anilines is 1. The number of nitrogens with two attached hydrogens (primary N) is 1. The molecule has 3 N–H and O–H groups in total. The van der Waals surface area contributed by atoms with Crippen molar-refractivity contribution in [1.29, 1.82) is 0 Å². The molecular weight excluding hydrogens is 254 g/mol. The summed E-state index contributed by atoms with van der Waals surface area (Å²) in [5, 5.41) is 0. The van der Waals surface area contributed by atoms with E-state index in [9.17, 15) is 4.79 Å². The Hall–Kier alpha value is -1.66. The fourth-order valence-corrected chi connectivity index (χ4v) is 2.70. The van der Waals surface area contributed by atoms with Crippen LogP contribution >= 0.6 is 0 Å². The number of nitrogen functional groups attached to an aromatic ring is 1. The Labute approximate surface area is 119 Å². The van der Waals surface area contributed by atoms with Gasteiger partial charge in [-0.3, -0.25) is 4.79 Å². The van der Waals surface area contributed by atoms with E-state index < -0.39 is 0 Å². The molecule has 0 aliphatic carbocycles. The summed E-state index contributed by atoms with van der Waals surface area (Å²) in [7, 11) is 3.96. The number of carbonyl (C=O) groups is 1. The molecule has 0 radical (unpaired) electrons. The van der Waals surface area contributed by atoms with Crippen LogP contribution in [0.5, 0.6) is 0 Å². The second-order valence-electron chi connectivity index (χ2n) is 5.49. The highest BCUT2D eigenvalue weighted by atomic mass is 16.2. The van der Waals surface area contributed by atoms with E-state index in [0.29, 0.717) is 17.4 Å². The predicted octanol–water partition coefficient (Wildman–Crippen LogP) is 0.842. The molecule has 1 saturated heterocycles. The minimum atomic E-state index is 0.00676. The summed E-state index contributed by atoms with van der Waals surface area (Å²) in [5.41, 5.74) is 3.88. The molecule has 2 heterocycles. The number of nitrogens with one attached hydrogen (secondary N) is 1. The predicted molar refractivity (Wildman–Crippen MR) is 79.4 cm³/mol. The zero-order valence-corrected chi connectivity index (χ0v) is 12.4.